The van der Waals surface area contributed by atoms with Gasteiger partial charge >= 0.3 is 0 Å². The van der Waals surface area contributed by atoms with E-state index in [2.05, 4.69) is 15.6 Å². The van der Waals surface area contributed by atoms with Crippen LogP contribution in [0.1, 0.15) is 31.1 Å². The van der Waals surface area contributed by atoms with Crippen LogP contribution in [0.4, 0.5) is 5.69 Å². The summed E-state index contributed by atoms with van der Waals surface area (Å²) in [4.78, 5) is 38.8. The van der Waals surface area contributed by atoms with Crippen LogP contribution in [0.25, 0.3) is 0 Å². The minimum Gasteiger partial charge on any atom is -0.322 e. The van der Waals surface area contributed by atoms with Gasteiger partial charge in [0.25, 0.3) is 17.7 Å². The first-order valence-corrected chi connectivity index (χ1v) is 6.35. The van der Waals surface area contributed by atoms with E-state index in [1.807, 2.05) is 0 Å². The summed E-state index contributed by atoms with van der Waals surface area (Å²) in [6, 6.07) is 7.45. The van der Waals surface area contributed by atoms with Gasteiger partial charge in [0, 0.05) is 17.4 Å². The molecule has 1 aliphatic heterocycles. The molecular formula is C14H8ClN3O3. The summed E-state index contributed by atoms with van der Waals surface area (Å²) >= 11 is 5.72. The van der Waals surface area contributed by atoms with Gasteiger partial charge in [0.1, 0.15) is 5.15 Å². The lowest BCUT2D eigenvalue weighted by Crippen LogP contribution is -2.19. The standard InChI is InChI=1S/C14H8ClN3O3/c15-11-5-7(3-4-16-11)12(19)17-8-1-2-9-10(6-8)14(21)18-13(9)20/h1-6H,(H,17,19)(H,18,20,21). The summed E-state index contributed by atoms with van der Waals surface area (Å²) in [7, 11) is 0. The number of aromatic nitrogens is 1. The Labute approximate surface area is 124 Å². The Morgan fingerprint density at radius 2 is 1.86 bits per heavy atom. The summed E-state index contributed by atoms with van der Waals surface area (Å²) in [5.41, 5.74) is 1.29. The van der Waals surface area contributed by atoms with E-state index >= 15 is 0 Å². The van der Waals surface area contributed by atoms with Crippen LogP contribution < -0.4 is 10.6 Å². The maximum atomic E-state index is 12.0. The number of pyridine rings is 1. The van der Waals surface area contributed by atoms with Crippen LogP contribution in [0.15, 0.2) is 36.5 Å². The van der Waals surface area contributed by atoms with Crippen molar-refractivity contribution in [2.75, 3.05) is 5.32 Å². The number of hydrogen-bond donors (Lipinski definition) is 2. The zero-order chi connectivity index (χ0) is 15.0. The summed E-state index contributed by atoms with van der Waals surface area (Å²) in [6.07, 6.45) is 1.42. The SMILES string of the molecule is O=C(Nc1ccc2c(c1)C(=O)NC2=O)c1ccnc(Cl)c1. The van der Waals surface area contributed by atoms with Gasteiger partial charge in [-0.3, -0.25) is 19.7 Å². The number of amides is 3. The lowest BCUT2D eigenvalue weighted by molar-refractivity contribution is 0.0878. The summed E-state index contributed by atoms with van der Waals surface area (Å²) < 4.78 is 0. The highest BCUT2D eigenvalue weighted by atomic mass is 35.5. The van der Waals surface area contributed by atoms with Gasteiger partial charge in [0.05, 0.1) is 11.1 Å². The molecule has 0 atom stereocenters. The molecule has 21 heavy (non-hydrogen) atoms. The van der Waals surface area contributed by atoms with Gasteiger partial charge in [0.15, 0.2) is 0 Å². The Bertz CT molecular complexity index is 789. The predicted octanol–water partition coefficient (Wildman–Crippen LogP) is 1.87. The fourth-order valence-corrected chi connectivity index (χ4v) is 2.17. The topological polar surface area (TPSA) is 88.2 Å². The molecule has 104 valence electrons. The highest BCUT2D eigenvalue weighted by molar-refractivity contribution is 6.29. The van der Waals surface area contributed by atoms with Crippen molar-refractivity contribution in [3.63, 3.8) is 0 Å². The van der Waals surface area contributed by atoms with Crippen molar-refractivity contribution >= 4 is 35.0 Å². The van der Waals surface area contributed by atoms with Gasteiger partial charge < -0.3 is 5.32 Å². The largest absolute Gasteiger partial charge is 0.322 e. The predicted molar refractivity (Wildman–Crippen MR) is 75.4 cm³/mol. The number of hydrogen-bond acceptors (Lipinski definition) is 4. The normalized spacial score (nSPS) is 12.8. The number of nitrogens with zero attached hydrogens (tertiary/aromatic N) is 1. The van der Waals surface area contributed by atoms with Gasteiger partial charge in [-0.25, -0.2) is 4.98 Å². The van der Waals surface area contributed by atoms with Crippen molar-refractivity contribution in [2.45, 2.75) is 0 Å². The number of benzene rings is 1. The van der Waals surface area contributed by atoms with Gasteiger partial charge in [-0.15, -0.1) is 0 Å². The fourth-order valence-electron chi connectivity index (χ4n) is 1.99. The molecule has 0 radical (unpaired) electrons. The van der Waals surface area contributed by atoms with Crippen LogP contribution in [-0.2, 0) is 0 Å². The smallest absolute Gasteiger partial charge is 0.259 e. The van der Waals surface area contributed by atoms with E-state index in [4.69, 9.17) is 11.6 Å². The van der Waals surface area contributed by atoms with Crippen molar-refractivity contribution < 1.29 is 14.4 Å². The van der Waals surface area contributed by atoms with Gasteiger partial charge in [-0.1, -0.05) is 11.6 Å². The second-order valence-corrected chi connectivity index (χ2v) is 4.75. The summed E-state index contributed by atoms with van der Waals surface area (Å²) in [6.45, 7) is 0. The highest BCUT2D eigenvalue weighted by Crippen LogP contribution is 2.21. The molecule has 7 heteroatoms. The zero-order valence-corrected chi connectivity index (χ0v) is 11.3. The first kappa shape index (κ1) is 13.3. The van der Waals surface area contributed by atoms with Crippen LogP contribution in [0.3, 0.4) is 0 Å². The Morgan fingerprint density at radius 3 is 2.62 bits per heavy atom. The number of halogens is 1. The minimum absolute atomic E-state index is 0.210. The highest BCUT2D eigenvalue weighted by Gasteiger charge is 2.26. The van der Waals surface area contributed by atoms with E-state index in [1.54, 1.807) is 6.07 Å². The molecule has 2 aromatic rings. The second kappa shape index (κ2) is 4.99. The first-order chi connectivity index (χ1) is 10.0. The molecule has 0 unspecified atom stereocenters. The summed E-state index contributed by atoms with van der Waals surface area (Å²) in [5.74, 6) is -1.30. The molecule has 0 fully saturated rings. The molecule has 0 spiro atoms. The summed E-state index contributed by atoms with van der Waals surface area (Å²) in [5, 5.41) is 5.03. The molecule has 6 nitrogen and oxygen atoms in total. The van der Waals surface area contributed by atoms with Crippen LogP contribution in [-0.4, -0.2) is 22.7 Å². The van der Waals surface area contributed by atoms with E-state index in [9.17, 15) is 14.4 Å². The fraction of sp³-hybridized carbons (Fsp3) is 0. The van der Waals surface area contributed by atoms with Crippen LogP contribution >= 0.6 is 11.6 Å². The molecule has 2 N–H and O–H groups in total. The molecule has 3 rings (SSSR count). The number of anilines is 1. The number of nitrogens with one attached hydrogen (secondary N) is 2. The van der Waals surface area contributed by atoms with Crippen LogP contribution in [0.5, 0.6) is 0 Å². The third kappa shape index (κ3) is 2.48. The molecule has 0 aliphatic carbocycles. The Kier molecular flexibility index (Phi) is 3.15. The van der Waals surface area contributed by atoms with Gasteiger partial charge in [-0.05, 0) is 30.3 Å². The molecule has 0 saturated carbocycles. The Morgan fingerprint density at radius 1 is 1.10 bits per heavy atom. The monoisotopic (exact) mass is 301 g/mol. The van der Waals surface area contributed by atoms with E-state index in [0.29, 0.717) is 16.8 Å². The first-order valence-electron chi connectivity index (χ1n) is 5.97. The van der Waals surface area contributed by atoms with Crippen LogP contribution in [0.2, 0.25) is 5.15 Å². The Balaban J connectivity index is 1.86. The second-order valence-electron chi connectivity index (χ2n) is 4.36. The maximum Gasteiger partial charge on any atom is 0.259 e. The molecule has 1 aromatic carbocycles. The lowest BCUT2D eigenvalue weighted by atomic mass is 10.1. The average molecular weight is 302 g/mol. The molecule has 2 heterocycles. The molecule has 1 aromatic heterocycles. The molecule has 3 amide bonds. The van der Waals surface area contributed by atoms with Crippen molar-refractivity contribution in [3.05, 3.63) is 58.4 Å². The molecule has 1 aliphatic rings. The lowest BCUT2D eigenvalue weighted by Gasteiger charge is -2.06. The van der Waals surface area contributed by atoms with E-state index < -0.39 is 11.8 Å². The van der Waals surface area contributed by atoms with Gasteiger partial charge in [0.2, 0.25) is 0 Å². The quantitative estimate of drug-likeness (QED) is 0.655. The zero-order valence-electron chi connectivity index (χ0n) is 10.5. The number of rotatable bonds is 2. The minimum atomic E-state index is -0.474. The van der Waals surface area contributed by atoms with Crippen molar-refractivity contribution in [1.82, 2.24) is 10.3 Å². The van der Waals surface area contributed by atoms with Crippen molar-refractivity contribution in [2.24, 2.45) is 0 Å². The van der Waals surface area contributed by atoms with Gasteiger partial charge in [-0.2, -0.15) is 0 Å². The number of imide groups is 1. The van der Waals surface area contributed by atoms with Crippen molar-refractivity contribution in [3.8, 4) is 0 Å². The average Bonchev–Trinajstić information content (AvgIpc) is 2.74. The number of carbonyl (C=O) groups is 3. The maximum absolute atomic E-state index is 12.0. The Hall–Kier alpha value is -2.73. The van der Waals surface area contributed by atoms with E-state index in [1.165, 1.54) is 30.5 Å². The van der Waals surface area contributed by atoms with Crippen LogP contribution in [0, 0.1) is 0 Å². The third-order valence-corrected chi connectivity index (χ3v) is 3.19. The number of fused-ring (bicyclic) bond motifs is 1. The van der Waals surface area contributed by atoms with Crippen molar-refractivity contribution in [1.29, 1.82) is 0 Å². The van der Waals surface area contributed by atoms with E-state index in [-0.39, 0.29) is 16.6 Å². The molecular weight excluding hydrogens is 294 g/mol. The van der Waals surface area contributed by atoms with E-state index in [0.717, 1.165) is 0 Å². The molecule has 0 saturated heterocycles. The molecule has 0 bridgehead atoms. The third-order valence-electron chi connectivity index (χ3n) is 2.98. The number of carbonyl (C=O) groups excluding carboxylic acids is 3.